The van der Waals surface area contributed by atoms with Crippen LogP contribution in [0.4, 0.5) is 5.69 Å². The smallest absolute Gasteiger partial charge is 0.195 e. The van der Waals surface area contributed by atoms with E-state index in [0.717, 1.165) is 5.39 Å². The molecule has 0 amide bonds. The molecular formula is C12H14ClN5O. The van der Waals surface area contributed by atoms with E-state index < -0.39 is 5.66 Å². The quantitative estimate of drug-likeness (QED) is 0.661. The number of anilines is 1. The highest BCUT2D eigenvalue weighted by Gasteiger charge is 2.37. The van der Waals surface area contributed by atoms with Gasteiger partial charge >= 0.3 is 0 Å². The number of nitrogens with one attached hydrogen (secondary N) is 1. The monoisotopic (exact) mass is 279 g/mol. The second kappa shape index (κ2) is 4.12. The number of aliphatic imine (C=N–C) groups is 1. The summed E-state index contributed by atoms with van der Waals surface area (Å²) in [6, 6.07) is 5.34. The van der Waals surface area contributed by atoms with Crippen LogP contribution in [0.2, 0.25) is 5.02 Å². The Balaban J connectivity index is 2.26. The van der Waals surface area contributed by atoms with Crippen molar-refractivity contribution in [1.82, 2.24) is 0 Å². The lowest BCUT2D eigenvalue weighted by Gasteiger charge is -2.28. The summed E-state index contributed by atoms with van der Waals surface area (Å²) in [5, 5.41) is 4.42. The number of hydrogen-bond acceptors (Lipinski definition) is 6. The Morgan fingerprint density at radius 1 is 1.42 bits per heavy atom. The summed E-state index contributed by atoms with van der Waals surface area (Å²) in [4.78, 5) is 4.22. The van der Waals surface area contributed by atoms with Crippen LogP contribution in [0.1, 0.15) is 12.2 Å². The molecule has 0 radical (unpaired) electrons. The average molecular weight is 280 g/mol. The normalized spacial score (nSPS) is 21.9. The van der Waals surface area contributed by atoms with E-state index in [2.05, 4.69) is 10.3 Å². The minimum absolute atomic E-state index is 0.242. The van der Waals surface area contributed by atoms with Crippen molar-refractivity contribution in [3.8, 4) is 0 Å². The maximum atomic E-state index is 6.26. The summed E-state index contributed by atoms with van der Waals surface area (Å²) in [6.45, 7) is 0.379. The van der Waals surface area contributed by atoms with Crippen molar-refractivity contribution in [3.05, 3.63) is 29.0 Å². The molecule has 0 saturated carbocycles. The second-order valence-electron chi connectivity index (χ2n) is 4.53. The lowest BCUT2D eigenvalue weighted by atomic mass is 10.0. The van der Waals surface area contributed by atoms with Crippen LogP contribution in [0.3, 0.4) is 0 Å². The topological polar surface area (TPSA) is 116 Å². The lowest BCUT2D eigenvalue weighted by molar-refractivity contribution is 0.348. The molecule has 100 valence electrons. The first-order valence-electron chi connectivity index (χ1n) is 5.87. The van der Waals surface area contributed by atoms with Crippen LogP contribution >= 0.6 is 11.6 Å². The molecule has 1 atom stereocenters. The van der Waals surface area contributed by atoms with E-state index >= 15 is 0 Å². The Hall–Kier alpha value is -1.76. The molecular weight excluding hydrogens is 266 g/mol. The van der Waals surface area contributed by atoms with Crippen molar-refractivity contribution in [1.29, 1.82) is 0 Å². The summed E-state index contributed by atoms with van der Waals surface area (Å²) in [6.07, 6.45) is 0.440. The number of nitrogens with zero attached hydrogens (tertiary/aromatic N) is 1. The van der Waals surface area contributed by atoms with E-state index in [9.17, 15) is 0 Å². The van der Waals surface area contributed by atoms with Crippen LogP contribution in [0, 0.1) is 0 Å². The summed E-state index contributed by atoms with van der Waals surface area (Å²) in [5.74, 6) is 0.774. The fourth-order valence-electron chi connectivity index (χ4n) is 2.31. The molecule has 0 saturated heterocycles. The van der Waals surface area contributed by atoms with Gasteiger partial charge in [0.1, 0.15) is 5.58 Å². The van der Waals surface area contributed by atoms with E-state index in [1.165, 1.54) is 0 Å². The van der Waals surface area contributed by atoms with E-state index in [1.54, 1.807) is 18.2 Å². The number of rotatable bonds is 2. The standard InChI is InChI=1S/C12H14ClN5O/c13-6-1-2-8-7(5-6)9-10(19-8)12(16,3-4-14)18-11(15)17-9/h1-2,5H,3-4,14,16H2,(H3,15,17,18). The van der Waals surface area contributed by atoms with Gasteiger partial charge in [-0.3, -0.25) is 0 Å². The van der Waals surface area contributed by atoms with Crippen LogP contribution in [-0.2, 0) is 5.66 Å². The van der Waals surface area contributed by atoms with Crippen molar-refractivity contribution >= 4 is 34.2 Å². The largest absolute Gasteiger partial charge is 0.455 e. The molecule has 7 heteroatoms. The highest BCUT2D eigenvalue weighted by Crippen LogP contribution is 2.41. The zero-order valence-electron chi connectivity index (χ0n) is 10.1. The molecule has 0 fully saturated rings. The second-order valence-corrected chi connectivity index (χ2v) is 4.97. The third kappa shape index (κ3) is 1.85. The molecule has 1 aromatic heterocycles. The van der Waals surface area contributed by atoms with Gasteiger partial charge in [-0.1, -0.05) is 11.6 Å². The van der Waals surface area contributed by atoms with E-state index in [1.807, 2.05) is 0 Å². The number of guanidine groups is 1. The Morgan fingerprint density at radius 2 is 2.21 bits per heavy atom. The molecule has 2 heterocycles. The van der Waals surface area contributed by atoms with Gasteiger partial charge in [0.15, 0.2) is 17.4 Å². The van der Waals surface area contributed by atoms with Crippen molar-refractivity contribution in [2.75, 3.05) is 11.9 Å². The SMILES string of the molecule is NCCC1(N)N=C(N)Nc2c1oc1ccc(Cl)cc21. The molecule has 0 spiro atoms. The van der Waals surface area contributed by atoms with Gasteiger partial charge in [0.2, 0.25) is 0 Å². The Kier molecular flexibility index (Phi) is 2.67. The van der Waals surface area contributed by atoms with Gasteiger partial charge in [-0.25, -0.2) is 4.99 Å². The summed E-state index contributed by atoms with van der Waals surface area (Å²) in [7, 11) is 0. The van der Waals surface area contributed by atoms with Crippen LogP contribution in [0.25, 0.3) is 11.0 Å². The van der Waals surface area contributed by atoms with Crippen LogP contribution in [-0.4, -0.2) is 12.5 Å². The van der Waals surface area contributed by atoms with Crippen molar-refractivity contribution in [2.45, 2.75) is 12.1 Å². The minimum atomic E-state index is -1.04. The Bertz CT molecular complexity index is 680. The van der Waals surface area contributed by atoms with Crippen LogP contribution in [0.15, 0.2) is 27.6 Å². The van der Waals surface area contributed by atoms with E-state index in [4.69, 9.17) is 33.2 Å². The van der Waals surface area contributed by atoms with Crippen molar-refractivity contribution < 1.29 is 4.42 Å². The van der Waals surface area contributed by atoms with Gasteiger partial charge in [-0.2, -0.15) is 0 Å². The first-order chi connectivity index (χ1) is 9.03. The molecule has 1 aliphatic heterocycles. The molecule has 3 rings (SSSR count). The number of hydrogen-bond donors (Lipinski definition) is 4. The first kappa shape index (κ1) is 12.3. The van der Waals surface area contributed by atoms with Crippen molar-refractivity contribution in [3.63, 3.8) is 0 Å². The first-order valence-corrected chi connectivity index (χ1v) is 6.25. The highest BCUT2D eigenvalue weighted by atomic mass is 35.5. The Morgan fingerprint density at radius 3 is 2.95 bits per heavy atom. The number of nitrogens with two attached hydrogens (primary N) is 3. The van der Waals surface area contributed by atoms with Gasteiger partial charge in [-0.05, 0) is 24.7 Å². The number of benzene rings is 1. The molecule has 2 aromatic rings. The predicted octanol–water partition coefficient (Wildman–Crippen LogP) is 1.29. The highest BCUT2D eigenvalue weighted by molar-refractivity contribution is 6.31. The van der Waals surface area contributed by atoms with Gasteiger partial charge < -0.3 is 26.9 Å². The lowest BCUT2D eigenvalue weighted by Crippen LogP contribution is -2.44. The third-order valence-electron chi connectivity index (χ3n) is 3.14. The average Bonchev–Trinajstić information content (AvgIpc) is 2.68. The number of halogens is 1. The van der Waals surface area contributed by atoms with E-state index in [0.29, 0.717) is 35.0 Å². The summed E-state index contributed by atoms with van der Waals surface area (Å²) >= 11 is 6.00. The van der Waals surface area contributed by atoms with Gasteiger partial charge in [-0.15, -0.1) is 0 Å². The molecule has 1 unspecified atom stereocenters. The molecule has 0 bridgehead atoms. The van der Waals surface area contributed by atoms with Crippen LogP contribution in [0.5, 0.6) is 0 Å². The summed E-state index contributed by atoms with van der Waals surface area (Å²) < 4.78 is 5.80. The summed E-state index contributed by atoms with van der Waals surface area (Å²) in [5.41, 5.74) is 18.0. The number of furan rings is 1. The predicted molar refractivity (Wildman–Crippen MR) is 76.0 cm³/mol. The zero-order chi connectivity index (χ0) is 13.6. The molecule has 1 aromatic carbocycles. The van der Waals surface area contributed by atoms with Crippen molar-refractivity contribution in [2.24, 2.45) is 22.2 Å². The van der Waals surface area contributed by atoms with Gasteiger partial charge in [0, 0.05) is 16.8 Å². The molecule has 1 aliphatic rings. The maximum absolute atomic E-state index is 6.26. The van der Waals surface area contributed by atoms with E-state index in [-0.39, 0.29) is 5.96 Å². The number of fused-ring (bicyclic) bond motifs is 3. The molecule has 6 nitrogen and oxygen atoms in total. The van der Waals surface area contributed by atoms with Gasteiger partial charge in [0.25, 0.3) is 0 Å². The minimum Gasteiger partial charge on any atom is -0.455 e. The Labute approximate surface area is 114 Å². The molecule has 19 heavy (non-hydrogen) atoms. The zero-order valence-corrected chi connectivity index (χ0v) is 10.9. The van der Waals surface area contributed by atoms with Crippen LogP contribution < -0.4 is 22.5 Å². The molecule has 7 N–H and O–H groups in total. The fourth-order valence-corrected chi connectivity index (χ4v) is 2.48. The third-order valence-corrected chi connectivity index (χ3v) is 3.38. The van der Waals surface area contributed by atoms with Gasteiger partial charge in [0.05, 0.1) is 5.69 Å². The molecule has 0 aliphatic carbocycles. The fraction of sp³-hybridized carbons (Fsp3) is 0.250. The maximum Gasteiger partial charge on any atom is 0.195 e.